The van der Waals surface area contributed by atoms with Crippen molar-refractivity contribution in [3.8, 4) is 11.3 Å². The average Bonchev–Trinajstić information content (AvgIpc) is 3.17. The molecule has 27 heavy (non-hydrogen) atoms. The van der Waals surface area contributed by atoms with Gasteiger partial charge >= 0.3 is 6.09 Å². The minimum Gasteiger partial charge on any atom is -0.465 e. The van der Waals surface area contributed by atoms with Crippen molar-refractivity contribution >= 4 is 34.4 Å². The van der Waals surface area contributed by atoms with Gasteiger partial charge in [0, 0.05) is 28.1 Å². The highest BCUT2D eigenvalue weighted by atomic mass is 35.5. The highest BCUT2D eigenvalue weighted by Crippen LogP contribution is 2.29. The molecule has 0 aliphatic carbocycles. The van der Waals surface area contributed by atoms with Gasteiger partial charge in [0.25, 0.3) is 0 Å². The molecule has 6 heteroatoms. The highest BCUT2D eigenvalue weighted by Gasteiger charge is 2.35. The fourth-order valence-corrected chi connectivity index (χ4v) is 3.72. The number of halogens is 1. The summed E-state index contributed by atoms with van der Waals surface area (Å²) in [5, 5.41) is 10.8. The SMILES string of the molecule is O=C(c1cc(-c2ccc(Cl)cc2)nc2ccccc12)C1CCCN1C(=O)O. The number of ketones is 1. The molecule has 1 N–H and O–H groups in total. The first-order valence-electron chi connectivity index (χ1n) is 8.74. The number of nitrogens with zero attached hydrogens (tertiary/aromatic N) is 2. The second-order valence-corrected chi connectivity index (χ2v) is 7.01. The number of fused-ring (bicyclic) bond motifs is 1. The van der Waals surface area contributed by atoms with Gasteiger partial charge in [0.2, 0.25) is 0 Å². The van der Waals surface area contributed by atoms with E-state index in [9.17, 15) is 14.7 Å². The van der Waals surface area contributed by atoms with Gasteiger partial charge in [0.15, 0.2) is 5.78 Å². The van der Waals surface area contributed by atoms with Crippen molar-refractivity contribution in [1.82, 2.24) is 9.88 Å². The third-order valence-electron chi connectivity index (χ3n) is 4.92. The number of pyridine rings is 1. The van der Waals surface area contributed by atoms with Crippen LogP contribution < -0.4 is 0 Å². The minimum absolute atomic E-state index is 0.177. The van der Waals surface area contributed by atoms with Crippen molar-refractivity contribution in [1.29, 1.82) is 0 Å². The topological polar surface area (TPSA) is 70.5 Å². The molecule has 0 radical (unpaired) electrons. The van der Waals surface area contributed by atoms with E-state index in [4.69, 9.17) is 11.6 Å². The summed E-state index contributed by atoms with van der Waals surface area (Å²) in [6.07, 6.45) is 0.176. The molecule has 1 unspecified atom stereocenters. The Morgan fingerprint density at radius 2 is 1.85 bits per heavy atom. The van der Waals surface area contributed by atoms with E-state index < -0.39 is 12.1 Å². The maximum atomic E-state index is 13.3. The van der Waals surface area contributed by atoms with Crippen LogP contribution in [0, 0.1) is 0 Å². The molecule has 1 aromatic heterocycles. The lowest BCUT2D eigenvalue weighted by molar-refractivity contribution is 0.0846. The van der Waals surface area contributed by atoms with Crippen molar-refractivity contribution in [3.63, 3.8) is 0 Å². The Morgan fingerprint density at radius 1 is 1.11 bits per heavy atom. The van der Waals surface area contributed by atoms with Crippen molar-refractivity contribution in [2.45, 2.75) is 18.9 Å². The second-order valence-electron chi connectivity index (χ2n) is 6.58. The zero-order valence-electron chi connectivity index (χ0n) is 14.4. The first-order valence-corrected chi connectivity index (χ1v) is 9.12. The number of amides is 1. The Labute approximate surface area is 161 Å². The fraction of sp³-hybridized carbons (Fsp3) is 0.190. The van der Waals surface area contributed by atoms with Gasteiger partial charge in [-0.05, 0) is 37.1 Å². The van der Waals surface area contributed by atoms with E-state index >= 15 is 0 Å². The van der Waals surface area contributed by atoms with Crippen LogP contribution in [0.4, 0.5) is 4.79 Å². The van der Waals surface area contributed by atoms with E-state index in [0.29, 0.717) is 41.2 Å². The number of carbonyl (C=O) groups excluding carboxylic acids is 1. The van der Waals surface area contributed by atoms with Crippen LogP contribution in [0.2, 0.25) is 5.02 Å². The maximum Gasteiger partial charge on any atom is 0.407 e. The number of benzene rings is 2. The van der Waals surface area contributed by atoms with Crippen LogP contribution in [-0.2, 0) is 0 Å². The monoisotopic (exact) mass is 380 g/mol. The van der Waals surface area contributed by atoms with Crippen LogP contribution in [0.5, 0.6) is 0 Å². The molecule has 2 heterocycles. The zero-order chi connectivity index (χ0) is 19.0. The Bertz CT molecular complexity index is 1030. The summed E-state index contributed by atoms with van der Waals surface area (Å²) in [5.74, 6) is -0.177. The van der Waals surface area contributed by atoms with Gasteiger partial charge in [-0.2, -0.15) is 0 Å². The third-order valence-corrected chi connectivity index (χ3v) is 5.17. The molecule has 1 saturated heterocycles. The highest BCUT2D eigenvalue weighted by molar-refractivity contribution is 6.30. The lowest BCUT2D eigenvalue weighted by Gasteiger charge is -2.21. The van der Waals surface area contributed by atoms with Crippen LogP contribution in [0.1, 0.15) is 23.2 Å². The number of carbonyl (C=O) groups is 2. The summed E-state index contributed by atoms with van der Waals surface area (Å²) in [4.78, 5) is 30.6. The molecule has 3 aromatic rings. The Morgan fingerprint density at radius 3 is 2.59 bits per heavy atom. The van der Waals surface area contributed by atoms with Gasteiger partial charge in [-0.1, -0.05) is 41.9 Å². The lowest BCUT2D eigenvalue weighted by Crippen LogP contribution is -2.39. The van der Waals surface area contributed by atoms with Gasteiger partial charge < -0.3 is 5.11 Å². The molecule has 1 aliphatic heterocycles. The summed E-state index contributed by atoms with van der Waals surface area (Å²) in [6.45, 7) is 0.388. The van der Waals surface area contributed by atoms with E-state index in [1.54, 1.807) is 18.2 Å². The first-order chi connectivity index (χ1) is 13.0. The molecular weight excluding hydrogens is 364 g/mol. The van der Waals surface area contributed by atoms with Crippen LogP contribution in [0.25, 0.3) is 22.2 Å². The number of rotatable bonds is 3. The summed E-state index contributed by atoms with van der Waals surface area (Å²) < 4.78 is 0. The summed E-state index contributed by atoms with van der Waals surface area (Å²) in [7, 11) is 0. The Balaban J connectivity index is 1.85. The standard InChI is InChI=1S/C21H17ClN2O3/c22-14-9-7-13(8-10-14)18-12-16(15-4-1-2-5-17(15)23-18)20(25)19-6-3-11-24(19)21(26)27/h1-2,4-5,7-10,12,19H,3,6,11H2,(H,26,27). The minimum atomic E-state index is -1.05. The first kappa shape index (κ1) is 17.5. The number of hydrogen-bond acceptors (Lipinski definition) is 3. The second kappa shape index (κ2) is 7.00. The molecule has 0 spiro atoms. The molecule has 4 rings (SSSR count). The lowest BCUT2D eigenvalue weighted by atomic mass is 9.96. The van der Waals surface area contributed by atoms with Crippen LogP contribution in [0.15, 0.2) is 54.6 Å². The molecule has 1 amide bonds. The van der Waals surface area contributed by atoms with E-state index in [1.165, 1.54) is 4.90 Å². The van der Waals surface area contributed by atoms with Gasteiger partial charge in [-0.3, -0.25) is 9.69 Å². The normalized spacial score (nSPS) is 16.6. The number of Topliss-reactive ketones (excluding diaryl/α,β-unsaturated/α-hetero) is 1. The van der Waals surface area contributed by atoms with Gasteiger partial charge in [0.1, 0.15) is 0 Å². The molecule has 136 valence electrons. The number of likely N-dealkylation sites (tertiary alicyclic amines) is 1. The number of aromatic nitrogens is 1. The van der Waals surface area contributed by atoms with Crippen LogP contribution >= 0.6 is 11.6 Å². The summed E-state index contributed by atoms with van der Waals surface area (Å²) >= 11 is 5.97. The zero-order valence-corrected chi connectivity index (χ0v) is 15.2. The number of hydrogen-bond donors (Lipinski definition) is 1. The molecule has 1 aliphatic rings. The van der Waals surface area contributed by atoms with Crippen LogP contribution in [-0.4, -0.2) is 39.5 Å². The Kier molecular flexibility index (Phi) is 4.54. The van der Waals surface area contributed by atoms with Gasteiger partial charge in [-0.15, -0.1) is 0 Å². The quantitative estimate of drug-likeness (QED) is 0.657. The molecule has 1 fully saturated rings. The van der Waals surface area contributed by atoms with Crippen molar-refractivity contribution in [2.75, 3.05) is 6.54 Å². The van der Waals surface area contributed by atoms with E-state index in [2.05, 4.69) is 4.98 Å². The van der Waals surface area contributed by atoms with E-state index in [0.717, 1.165) is 10.9 Å². The van der Waals surface area contributed by atoms with Gasteiger partial charge in [0.05, 0.1) is 17.3 Å². The molecule has 5 nitrogen and oxygen atoms in total. The predicted octanol–water partition coefficient (Wildman–Crippen LogP) is 4.88. The van der Waals surface area contributed by atoms with Crippen molar-refractivity contribution < 1.29 is 14.7 Å². The molecular formula is C21H17ClN2O3. The summed E-state index contributed by atoms with van der Waals surface area (Å²) in [6, 6.07) is 15.8. The average molecular weight is 381 g/mol. The van der Waals surface area contributed by atoms with Crippen molar-refractivity contribution in [2.24, 2.45) is 0 Å². The summed E-state index contributed by atoms with van der Waals surface area (Å²) in [5.41, 5.74) is 2.71. The van der Waals surface area contributed by atoms with E-state index in [-0.39, 0.29) is 5.78 Å². The predicted molar refractivity (Wildman–Crippen MR) is 104 cm³/mol. The molecule has 1 atom stereocenters. The Hall–Kier alpha value is -2.92. The molecule has 0 saturated carbocycles. The molecule has 2 aromatic carbocycles. The largest absolute Gasteiger partial charge is 0.465 e. The fourth-order valence-electron chi connectivity index (χ4n) is 3.60. The molecule has 0 bridgehead atoms. The number of carboxylic acid groups (broad SMARTS) is 1. The number of para-hydroxylation sites is 1. The van der Waals surface area contributed by atoms with Crippen LogP contribution in [0.3, 0.4) is 0 Å². The third kappa shape index (κ3) is 3.26. The van der Waals surface area contributed by atoms with Crippen molar-refractivity contribution in [3.05, 3.63) is 65.2 Å². The maximum absolute atomic E-state index is 13.3. The van der Waals surface area contributed by atoms with Gasteiger partial charge in [-0.25, -0.2) is 9.78 Å². The van der Waals surface area contributed by atoms with E-state index in [1.807, 2.05) is 36.4 Å². The smallest absolute Gasteiger partial charge is 0.407 e.